The number of allylic oxidation sites excluding steroid dienone is 12. The van der Waals surface area contributed by atoms with Crippen LogP contribution < -0.4 is 4.89 Å². The van der Waals surface area contributed by atoms with Gasteiger partial charge in [0.1, 0.15) is 19.8 Å². The van der Waals surface area contributed by atoms with Crippen LogP contribution in [0.4, 0.5) is 0 Å². The van der Waals surface area contributed by atoms with Crippen molar-refractivity contribution in [3.8, 4) is 0 Å². The van der Waals surface area contributed by atoms with Crippen molar-refractivity contribution in [1.82, 2.24) is 0 Å². The van der Waals surface area contributed by atoms with Crippen molar-refractivity contribution in [2.45, 2.75) is 328 Å². The summed E-state index contributed by atoms with van der Waals surface area (Å²) in [6.45, 7) is 4.13. The van der Waals surface area contributed by atoms with Gasteiger partial charge in [0.05, 0.1) is 27.7 Å². The average molecular weight is 1170 g/mol. The van der Waals surface area contributed by atoms with E-state index in [1.807, 2.05) is 21.1 Å². The van der Waals surface area contributed by atoms with Crippen LogP contribution >= 0.6 is 7.82 Å². The molecule has 478 valence electrons. The van der Waals surface area contributed by atoms with Gasteiger partial charge in [0, 0.05) is 12.8 Å². The fraction of sp³-hybridized carbons (Fsp3) is 0.806. The van der Waals surface area contributed by atoms with Crippen LogP contribution in [0.3, 0.4) is 0 Å². The number of quaternary nitrogens is 1. The lowest BCUT2D eigenvalue weighted by molar-refractivity contribution is -0.870. The van der Waals surface area contributed by atoms with E-state index in [9.17, 15) is 19.0 Å². The number of hydrogen-bond donors (Lipinski definition) is 0. The molecule has 0 aliphatic rings. The quantitative estimate of drug-likeness (QED) is 0.0195. The zero-order chi connectivity index (χ0) is 59.8. The average Bonchev–Trinajstić information content (AvgIpc) is 3.46. The van der Waals surface area contributed by atoms with Crippen LogP contribution in [0.5, 0.6) is 0 Å². The molecule has 0 saturated heterocycles. The van der Waals surface area contributed by atoms with Crippen molar-refractivity contribution in [3.05, 3.63) is 72.9 Å². The molecule has 0 aromatic heterocycles. The van der Waals surface area contributed by atoms with E-state index < -0.39 is 26.5 Å². The van der Waals surface area contributed by atoms with E-state index in [-0.39, 0.29) is 32.0 Å². The molecule has 0 amide bonds. The number of rotatable bonds is 64. The molecule has 0 radical (unpaired) electrons. The van der Waals surface area contributed by atoms with Gasteiger partial charge < -0.3 is 27.9 Å². The third-order valence-corrected chi connectivity index (χ3v) is 16.2. The summed E-state index contributed by atoms with van der Waals surface area (Å²) in [5.41, 5.74) is 0. The van der Waals surface area contributed by atoms with Crippen molar-refractivity contribution in [1.29, 1.82) is 0 Å². The number of ether oxygens (including phenoxy) is 2. The minimum absolute atomic E-state index is 0.0381. The first-order valence-corrected chi connectivity index (χ1v) is 36.1. The second-order valence-electron chi connectivity index (χ2n) is 24.5. The van der Waals surface area contributed by atoms with Gasteiger partial charge in [0.15, 0.2) is 6.10 Å². The van der Waals surface area contributed by atoms with E-state index in [4.69, 9.17) is 18.5 Å². The van der Waals surface area contributed by atoms with E-state index in [1.165, 1.54) is 205 Å². The van der Waals surface area contributed by atoms with Crippen molar-refractivity contribution >= 4 is 19.8 Å². The maximum Gasteiger partial charge on any atom is 0.306 e. The Morgan fingerprint density at radius 1 is 0.390 bits per heavy atom. The van der Waals surface area contributed by atoms with Gasteiger partial charge in [0.25, 0.3) is 7.82 Å². The SMILES string of the molecule is CC/C=C\C/C=C\C/C=C\C/C=C\C/C=C\C/C=C\CCCCCCC(=O)OC(COC(=O)CCCCCCCCCCCCCCCCCCCCCCCCCCCCCCCCCCCCC)COP(=O)([O-])OCC[N+](C)(C)C. The zero-order valence-electron chi connectivity index (χ0n) is 54.4. The summed E-state index contributed by atoms with van der Waals surface area (Å²) in [7, 11) is 1.15. The number of unbranched alkanes of at least 4 members (excludes halogenated alkanes) is 38. The van der Waals surface area contributed by atoms with Crippen LogP contribution in [0.1, 0.15) is 322 Å². The molecule has 0 aromatic carbocycles. The van der Waals surface area contributed by atoms with E-state index in [0.717, 1.165) is 83.5 Å². The Labute approximate surface area is 508 Å². The molecular weight excluding hydrogens is 1040 g/mol. The smallest absolute Gasteiger partial charge is 0.306 e. The number of esters is 2. The lowest BCUT2D eigenvalue weighted by atomic mass is 10.0. The van der Waals surface area contributed by atoms with Gasteiger partial charge in [0.2, 0.25) is 0 Å². The topological polar surface area (TPSA) is 111 Å². The van der Waals surface area contributed by atoms with Crippen molar-refractivity contribution in [3.63, 3.8) is 0 Å². The van der Waals surface area contributed by atoms with Gasteiger partial charge in [-0.05, 0) is 64.2 Å². The molecule has 0 rings (SSSR count). The Balaban J connectivity index is 4.01. The molecule has 0 saturated carbocycles. The molecule has 0 aliphatic carbocycles. The summed E-state index contributed by atoms with van der Waals surface area (Å²) in [6, 6.07) is 0. The van der Waals surface area contributed by atoms with Crippen LogP contribution in [-0.4, -0.2) is 70.0 Å². The van der Waals surface area contributed by atoms with Crippen LogP contribution in [0, 0.1) is 0 Å². The number of phosphoric ester groups is 1. The maximum atomic E-state index is 12.8. The van der Waals surface area contributed by atoms with E-state index in [0.29, 0.717) is 17.4 Å². The van der Waals surface area contributed by atoms with Crippen LogP contribution in [-0.2, 0) is 32.7 Å². The highest BCUT2D eigenvalue weighted by atomic mass is 31.2. The fourth-order valence-corrected chi connectivity index (χ4v) is 10.7. The van der Waals surface area contributed by atoms with Crippen molar-refractivity contribution in [2.75, 3.05) is 47.5 Å². The first-order chi connectivity index (χ1) is 40.0. The Morgan fingerprint density at radius 2 is 0.695 bits per heavy atom. The molecule has 0 heterocycles. The molecule has 0 bridgehead atoms. The third kappa shape index (κ3) is 66.6. The van der Waals surface area contributed by atoms with Crippen molar-refractivity contribution in [2.24, 2.45) is 0 Å². The second-order valence-corrected chi connectivity index (χ2v) is 25.9. The summed E-state index contributed by atoms with van der Waals surface area (Å²) in [5.74, 6) is -0.853. The predicted molar refractivity (Wildman–Crippen MR) is 351 cm³/mol. The lowest BCUT2D eigenvalue weighted by Crippen LogP contribution is -2.37. The molecule has 0 aliphatic heterocycles. The van der Waals surface area contributed by atoms with Gasteiger partial charge >= 0.3 is 11.9 Å². The van der Waals surface area contributed by atoms with Crippen molar-refractivity contribution < 1.29 is 42.1 Å². The standard InChI is InChI=1S/C72H132NO8P/c1-6-8-10-12-14-16-18-20-22-24-26-28-30-31-32-33-34-35-36-37-38-39-40-41-43-44-46-48-50-52-54-56-58-60-62-64-71(74)78-68-70(69-80-82(76,77)79-67-66-73(3,4)5)81-72(75)65-63-61-59-57-55-53-51-49-47-45-42-29-27-25-23-21-19-17-15-13-11-9-7-2/h9,11,15,17,21,23,27,29,45,47,51,53,70H,6-8,10,12-14,16,18-20,22,24-26,28,30-44,46,48-50,52,54-69H2,1-5H3/b11-9-,17-15-,23-21-,29-27-,47-45-,53-51-. The summed E-state index contributed by atoms with van der Waals surface area (Å²) < 4.78 is 34.2. The number of carbonyl (C=O) groups excluding carboxylic acids is 2. The first-order valence-electron chi connectivity index (χ1n) is 34.6. The number of nitrogens with zero attached hydrogens (tertiary/aromatic N) is 1. The zero-order valence-corrected chi connectivity index (χ0v) is 55.3. The van der Waals surface area contributed by atoms with E-state index in [2.05, 4.69) is 86.8 Å². The summed E-state index contributed by atoms with van der Waals surface area (Å²) in [4.78, 5) is 38.0. The van der Waals surface area contributed by atoms with Gasteiger partial charge in [-0.3, -0.25) is 14.2 Å². The number of carbonyl (C=O) groups is 2. The third-order valence-electron chi connectivity index (χ3n) is 15.2. The summed E-state index contributed by atoms with van der Waals surface area (Å²) in [6.07, 6.45) is 84.3. The summed E-state index contributed by atoms with van der Waals surface area (Å²) >= 11 is 0. The minimum Gasteiger partial charge on any atom is -0.756 e. The van der Waals surface area contributed by atoms with Crippen LogP contribution in [0.15, 0.2) is 72.9 Å². The number of hydrogen-bond acceptors (Lipinski definition) is 8. The largest absolute Gasteiger partial charge is 0.756 e. The lowest BCUT2D eigenvalue weighted by Gasteiger charge is -2.28. The summed E-state index contributed by atoms with van der Waals surface area (Å²) in [5, 5.41) is 0. The molecular formula is C72H132NO8P. The van der Waals surface area contributed by atoms with Gasteiger partial charge in [-0.1, -0.05) is 318 Å². The predicted octanol–water partition coefficient (Wildman–Crippen LogP) is 21.8. The highest BCUT2D eigenvalue weighted by Gasteiger charge is 2.22. The monoisotopic (exact) mass is 1170 g/mol. The van der Waals surface area contributed by atoms with Gasteiger partial charge in [-0.2, -0.15) is 0 Å². The maximum absolute atomic E-state index is 12.8. The van der Waals surface area contributed by atoms with Gasteiger partial charge in [-0.15, -0.1) is 0 Å². The molecule has 0 fully saturated rings. The Morgan fingerprint density at radius 3 is 1.04 bits per heavy atom. The van der Waals surface area contributed by atoms with Gasteiger partial charge in [-0.25, -0.2) is 0 Å². The highest BCUT2D eigenvalue weighted by Crippen LogP contribution is 2.38. The molecule has 0 aromatic rings. The second kappa shape index (κ2) is 63.0. The fourth-order valence-electron chi connectivity index (χ4n) is 9.96. The van der Waals surface area contributed by atoms with E-state index in [1.54, 1.807) is 0 Å². The first kappa shape index (κ1) is 79.5. The number of likely N-dealkylation sites (N-methyl/N-ethyl adjacent to an activating group) is 1. The minimum atomic E-state index is -4.65. The van der Waals surface area contributed by atoms with Crippen LogP contribution in [0.2, 0.25) is 0 Å². The van der Waals surface area contributed by atoms with E-state index >= 15 is 0 Å². The highest BCUT2D eigenvalue weighted by molar-refractivity contribution is 7.45. The molecule has 9 nitrogen and oxygen atoms in total. The molecule has 0 spiro atoms. The molecule has 2 atom stereocenters. The Kier molecular flexibility index (Phi) is 61.0. The Hall–Kier alpha value is -2.55. The molecule has 10 heteroatoms. The Bertz CT molecular complexity index is 1610. The number of phosphoric acid groups is 1. The molecule has 82 heavy (non-hydrogen) atoms. The normalized spacial score (nSPS) is 13.6. The van der Waals surface area contributed by atoms with Crippen LogP contribution in [0.25, 0.3) is 0 Å². The molecule has 0 N–H and O–H groups in total. The molecule has 2 unspecified atom stereocenters.